The lowest BCUT2D eigenvalue weighted by atomic mass is 9.94. The van der Waals surface area contributed by atoms with Crippen LogP contribution >= 0.6 is 0 Å². The summed E-state index contributed by atoms with van der Waals surface area (Å²) in [4.78, 5) is 18.1. The van der Waals surface area contributed by atoms with E-state index in [4.69, 9.17) is 0 Å². The molecule has 0 saturated carbocycles. The minimum Gasteiger partial charge on any atom is -0.478 e. The van der Waals surface area contributed by atoms with Crippen LogP contribution in [-0.4, -0.2) is 29.1 Å². The van der Waals surface area contributed by atoms with Crippen LogP contribution in [-0.2, 0) is 0 Å². The molecule has 0 atom stereocenters. The Labute approximate surface area is 114 Å². The van der Waals surface area contributed by atoms with Gasteiger partial charge in [0.25, 0.3) is 0 Å². The van der Waals surface area contributed by atoms with Gasteiger partial charge >= 0.3 is 5.97 Å². The zero-order chi connectivity index (χ0) is 14.0. The Balaban J connectivity index is 2.31. The van der Waals surface area contributed by atoms with Crippen molar-refractivity contribution in [1.29, 1.82) is 0 Å². The first-order chi connectivity index (χ1) is 9.02. The second kappa shape index (κ2) is 5.59. The first-order valence-corrected chi connectivity index (χ1v) is 6.99. The van der Waals surface area contributed by atoms with Gasteiger partial charge in [-0.15, -0.1) is 0 Å². The number of piperidine rings is 1. The van der Waals surface area contributed by atoms with E-state index in [0.29, 0.717) is 11.4 Å². The SMILES string of the molecule is CCC1CCN(c2nc(C)cc(C)c2C(=O)O)CC1. The van der Waals surface area contributed by atoms with E-state index in [1.165, 1.54) is 6.42 Å². The Morgan fingerprint density at radius 2 is 2.05 bits per heavy atom. The van der Waals surface area contributed by atoms with Crippen LogP contribution < -0.4 is 4.90 Å². The number of carboxylic acid groups (broad SMARTS) is 1. The number of rotatable bonds is 3. The molecule has 19 heavy (non-hydrogen) atoms. The highest BCUT2D eigenvalue weighted by Gasteiger charge is 2.24. The van der Waals surface area contributed by atoms with Crippen molar-refractivity contribution in [1.82, 2.24) is 4.98 Å². The summed E-state index contributed by atoms with van der Waals surface area (Å²) >= 11 is 0. The van der Waals surface area contributed by atoms with Gasteiger partial charge in [0.15, 0.2) is 0 Å². The number of hydrogen-bond donors (Lipinski definition) is 1. The molecule has 0 amide bonds. The maximum atomic E-state index is 11.5. The maximum Gasteiger partial charge on any atom is 0.339 e. The molecular weight excluding hydrogens is 240 g/mol. The zero-order valence-electron chi connectivity index (χ0n) is 11.9. The average Bonchev–Trinajstić information content (AvgIpc) is 2.37. The van der Waals surface area contributed by atoms with Crippen molar-refractivity contribution >= 4 is 11.8 Å². The summed E-state index contributed by atoms with van der Waals surface area (Å²) in [5, 5.41) is 9.40. The van der Waals surface area contributed by atoms with Gasteiger partial charge < -0.3 is 10.0 Å². The van der Waals surface area contributed by atoms with E-state index < -0.39 is 5.97 Å². The van der Waals surface area contributed by atoms with Gasteiger partial charge in [-0.2, -0.15) is 0 Å². The molecule has 0 spiro atoms. The molecule has 4 nitrogen and oxygen atoms in total. The van der Waals surface area contributed by atoms with Crippen LogP contribution in [0.4, 0.5) is 5.82 Å². The van der Waals surface area contributed by atoms with Gasteiger partial charge in [0.1, 0.15) is 11.4 Å². The number of carboxylic acids is 1. The van der Waals surface area contributed by atoms with Gasteiger partial charge in [-0.05, 0) is 44.2 Å². The van der Waals surface area contributed by atoms with Crippen LogP contribution in [0.2, 0.25) is 0 Å². The number of hydrogen-bond acceptors (Lipinski definition) is 3. The molecule has 1 aliphatic heterocycles. The van der Waals surface area contributed by atoms with Gasteiger partial charge in [0.2, 0.25) is 0 Å². The minimum atomic E-state index is -0.877. The van der Waals surface area contributed by atoms with Gasteiger partial charge in [-0.3, -0.25) is 0 Å². The third-order valence-electron chi connectivity index (χ3n) is 4.03. The highest BCUT2D eigenvalue weighted by atomic mass is 16.4. The Morgan fingerprint density at radius 1 is 1.42 bits per heavy atom. The van der Waals surface area contributed by atoms with Crippen LogP contribution in [0.3, 0.4) is 0 Å². The molecule has 1 fully saturated rings. The molecular formula is C15H22N2O2. The summed E-state index contributed by atoms with van der Waals surface area (Å²) < 4.78 is 0. The van der Waals surface area contributed by atoms with E-state index in [1.54, 1.807) is 0 Å². The highest BCUT2D eigenvalue weighted by Crippen LogP contribution is 2.28. The van der Waals surface area contributed by atoms with E-state index in [9.17, 15) is 9.90 Å². The fraction of sp³-hybridized carbons (Fsp3) is 0.600. The van der Waals surface area contributed by atoms with Gasteiger partial charge in [0, 0.05) is 18.8 Å². The predicted molar refractivity (Wildman–Crippen MR) is 75.9 cm³/mol. The summed E-state index contributed by atoms with van der Waals surface area (Å²) in [7, 11) is 0. The molecule has 4 heteroatoms. The van der Waals surface area contributed by atoms with E-state index in [0.717, 1.165) is 43.1 Å². The minimum absolute atomic E-state index is 0.362. The zero-order valence-corrected chi connectivity index (χ0v) is 11.9. The predicted octanol–water partition coefficient (Wildman–Crippen LogP) is 3.02. The fourth-order valence-corrected chi connectivity index (χ4v) is 2.86. The normalized spacial score (nSPS) is 16.7. The lowest BCUT2D eigenvalue weighted by molar-refractivity contribution is 0.0696. The number of pyridine rings is 1. The lowest BCUT2D eigenvalue weighted by Crippen LogP contribution is -2.35. The maximum absolute atomic E-state index is 11.5. The van der Waals surface area contributed by atoms with Crippen molar-refractivity contribution in [3.63, 3.8) is 0 Å². The number of carbonyl (C=O) groups is 1. The topological polar surface area (TPSA) is 53.4 Å². The molecule has 0 unspecified atom stereocenters. The van der Waals surface area contributed by atoms with E-state index in [1.807, 2.05) is 19.9 Å². The third kappa shape index (κ3) is 2.88. The van der Waals surface area contributed by atoms with Crippen LogP contribution in [0.1, 0.15) is 47.8 Å². The van der Waals surface area contributed by atoms with Gasteiger partial charge in [-0.25, -0.2) is 9.78 Å². The highest BCUT2D eigenvalue weighted by molar-refractivity contribution is 5.95. The molecule has 0 radical (unpaired) electrons. The van der Waals surface area contributed by atoms with Crippen LogP contribution in [0.25, 0.3) is 0 Å². The summed E-state index contributed by atoms with van der Waals surface area (Å²) in [5.41, 5.74) is 2.04. The molecule has 1 saturated heterocycles. The number of nitrogens with zero attached hydrogens (tertiary/aromatic N) is 2. The first-order valence-electron chi connectivity index (χ1n) is 6.99. The second-order valence-corrected chi connectivity index (χ2v) is 5.42. The van der Waals surface area contributed by atoms with E-state index in [-0.39, 0.29) is 0 Å². The number of anilines is 1. The van der Waals surface area contributed by atoms with Crippen molar-refractivity contribution < 1.29 is 9.90 Å². The lowest BCUT2D eigenvalue weighted by Gasteiger charge is -2.33. The quantitative estimate of drug-likeness (QED) is 0.909. The molecule has 1 aromatic rings. The van der Waals surface area contributed by atoms with Crippen LogP contribution in [0.5, 0.6) is 0 Å². The summed E-state index contributed by atoms with van der Waals surface area (Å²) in [6, 6.07) is 1.84. The first kappa shape index (κ1) is 13.8. The molecule has 0 bridgehead atoms. The van der Waals surface area contributed by atoms with Crippen molar-refractivity contribution in [2.24, 2.45) is 5.92 Å². The second-order valence-electron chi connectivity index (χ2n) is 5.42. The standard InChI is InChI=1S/C15H22N2O2/c1-4-12-5-7-17(8-6-12)14-13(15(18)19)10(2)9-11(3)16-14/h9,12H,4-8H2,1-3H3,(H,18,19). The molecule has 2 rings (SSSR count). The van der Waals surface area contributed by atoms with Crippen LogP contribution in [0, 0.1) is 19.8 Å². The van der Waals surface area contributed by atoms with Gasteiger partial charge in [-0.1, -0.05) is 13.3 Å². The summed E-state index contributed by atoms with van der Waals surface area (Å²) in [6.07, 6.45) is 3.47. The van der Waals surface area contributed by atoms with Crippen LogP contribution in [0.15, 0.2) is 6.07 Å². The van der Waals surface area contributed by atoms with Crippen molar-refractivity contribution in [3.8, 4) is 0 Å². The molecule has 0 aliphatic carbocycles. The number of aromatic nitrogens is 1. The number of aromatic carboxylic acids is 1. The molecule has 0 aromatic carbocycles. The van der Waals surface area contributed by atoms with E-state index >= 15 is 0 Å². The molecule has 1 aliphatic rings. The average molecular weight is 262 g/mol. The largest absolute Gasteiger partial charge is 0.478 e. The third-order valence-corrected chi connectivity index (χ3v) is 4.03. The summed E-state index contributed by atoms with van der Waals surface area (Å²) in [6.45, 7) is 7.81. The van der Waals surface area contributed by atoms with Crippen molar-refractivity contribution in [2.75, 3.05) is 18.0 Å². The fourth-order valence-electron chi connectivity index (χ4n) is 2.86. The molecule has 2 heterocycles. The Bertz CT molecular complexity index is 477. The van der Waals surface area contributed by atoms with Gasteiger partial charge in [0.05, 0.1) is 0 Å². The number of aryl methyl sites for hydroxylation is 2. The van der Waals surface area contributed by atoms with E-state index in [2.05, 4.69) is 16.8 Å². The monoisotopic (exact) mass is 262 g/mol. The Morgan fingerprint density at radius 3 is 2.58 bits per heavy atom. The smallest absolute Gasteiger partial charge is 0.339 e. The molecule has 104 valence electrons. The van der Waals surface area contributed by atoms with Crippen molar-refractivity contribution in [2.45, 2.75) is 40.0 Å². The molecule has 1 aromatic heterocycles. The van der Waals surface area contributed by atoms with Crippen molar-refractivity contribution in [3.05, 3.63) is 22.9 Å². The molecule has 1 N–H and O–H groups in total. The Kier molecular flexibility index (Phi) is 4.08. The Hall–Kier alpha value is -1.58. The summed E-state index contributed by atoms with van der Waals surface area (Å²) in [5.74, 6) is 0.549.